The molecule has 124 valence electrons. The third-order valence-corrected chi connectivity index (χ3v) is 3.35. The van der Waals surface area contributed by atoms with Crippen molar-refractivity contribution >= 4 is 5.69 Å². The number of hydrogen-bond donors (Lipinski definition) is 2. The zero-order valence-corrected chi connectivity index (χ0v) is 13.8. The molecule has 24 heavy (non-hydrogen) atoms. The summed E-state index contributed by atoms with van der Waals surface area (Å²) in [4.78, 5) is 12.9. The van der Waals surface area contributed by atoms with Crippen molar-refractivity contribution in [3.63, 3.8) is 0 Å². The van der Waals surface area contributed by atoms with E-state index in [1.54, 1.807) is 0 Å². The Morgan fingerprint density at radius 2 is 1.79 bits per heavy atom. The first-order valence-electron chi connectivity index (χ1n) is 7.66. The molecule has 3 rings (SSSR count). The predicted octanol–water partition coefficient (Wildman–Crippen LogP) is 2.94. The van der Waals surface area contributed by atoms with Crippen molar-refractivity contribution < 1.29 is 9.84 Å². The lowest BCUT2D eigenvalue weighted by molar-refractivity contribution is 0.298. The number of imidazole rings is 1. The highest BCUT2D eigenvalue weighted by molar-refractivity contribution is 5.60. The van der Waals surface area contributed by atoms with Crippen molar-refractivity contribution in [1.29, 1.82) is 0 Å². The summed E-state index contributed by atoms with van der Waals surface area (Å²) in [5, 5.41) is 9.85. The number of ether oxygens (including phenoxy) is 1. The van der Waals surface area contributed by atoms with E-state index in [2.05, 4.69) is 20.4 Å². The van der Waals surface area contributed by atoms with Crippen LogP contribution >= 0.6 is 0 Å². The largest absolute Gasteiger partial charge is 0.492 e. The van der Waals surface area contributed by atoms with Gasteiger partial charge in [0, 0.05) is 17.0 Å². The van der Waals surface area contributed by atoms with E-state index in [0.717, 1.165) is 22.6 Å². The molecule has 0 atom stereocenters. The molecule has 2 heterocycles. The van der Waals surface area contributed by atoms with Crippen molar-refractivity contribution in [3.8, 4) is 23.3 Å². The van der Waals surface area contributed by atoms with Crippen LogP contribution in [0.1, 0.15) is 18.3 Å². The van der Waals surface area contributed by atoms with Gasteiger partial charge in [-0.25, -0.2) is 9.97 Å². The van der Waals surface area contributed by atoms with Gasteiger partial charge in [-0.2, -0.15) is 9.66 Å². The Balaban J connectivity index is 1.84. The van der Waals surface area contributed by atoms with Crippen molar-refractivity contribution in [3.05, 3.63) is 47.9 Å². The normalized spacial score (nSPS) is 10.6. The number of rotatable bonds is 5. The number of nitrogens with one attached hydrogen (secondary N) is 1. The summed E-state index contributed by atoms with van der Waals surface area (Å²) in [6.45, 7) is 6.21. The Labute approximate surface area is 140 Å². The Hall–Kier alpha value is -3.09. The van der Waals surface area contributed by atoms with Crippen LogP contribution in [-0.4, -0.2) is 31.3 Å². The lowest BCUT2D eigenvalue weighted by Gasteiger charge is -2.12. The van der Waals surface area contributed by atoms with Gasteiger partial charge in [-0.1, -0.05) is 0 Å². The molecule has 0 aliphatic heterocycles. The summed E-state index contributed by atoms with van der Waals surface area (Å²) in [5.41, 5.74) is 6.61. The Bertz CT molecular complexity index is 822. The fourth-order valence-electron chi connectivity index (χ4n) is 2.34. The number of aromatic hydroxyl groups is 1. The molecule has 0 saturated carbocycles. The quantitative estimate of drug-likeness (QED) is 0.750. The minimum Gasteiger partial charge on any atom is -0.492 e. The molecule has 2 aromatic heterocycles. The molecule has 2 N–H and O–H groups in total. The number of anilines is 1. The van der Waals surface area contributed by atoms with Gasteiger partial charge in [-0.3, -0.25) is 5.43 Å². The van der Waals surface area contributed by atoms with E-state index in [9.17, 15) is 5.11 Å². The summed E-state index contributed by atoms with van der Waals surface area (Å²) in [5.74, 6) is 0.666. The molecule has 7 heteroatoms. The summed E-state index contributed by atoms with van der Waals surface area (Å²) >= 11 is 0. The lowest BCUT2D eigenvalue weighted by atomic mass is 10.2. The molecule has 0 amide bonds. The highest BCUT2D eigenvalue weighted by atomic mass is 16.5. The fourth-order valence-corrected chi connectivity index (χ4v) is 2.34. The van der Waals surface area contributed by atoms with Crippen LogP contribution in [0.4, 0.5) is 5.69 Å². The van der Waals surface area contributed by atoms with Gasteiger partial charge >= 0.3 is 6.01 Å². The number of benzene rings is 1. The van der Waals surface area contributed by atoms with Crippen molar-refractivity contribution in [2.75, 3.05) is 12.0 Å². The third-order valence-electron chi connectivity index (χ3n) is 3.35. The first-order chi connectivity index (χ1) is 11.6. The predicted molar refractivity (Wildman–Crippen MR) is 91.0 cm³/mol. The summed E-state index contributed by atoms with van der Waals surface area (Å²) in [6.07, 6.45) is 1.33. The maximum Gasteiger partial charge on any atom is 0.319 e. The molecule has 1 aromatic carbocycles. The molecule has 0 fully saturated rings. The lowest BCUT2D eigenvalue weighted by Crippen LogP contribution is -2.11. The monoisotopic (exact) mass is 325 g/mol. The first-order valence-corrected chi connectivity index (χ1v) is 7.66. The van der Waals surface area contributed by atoms with Gasteiger partial charge in [0.2, 0.25) is 5.88 Å². The van der Waals surface area contributed by atoms with Crippen LogP contribution < -0.4 is 10.2 Å². The molecule has 0 bridgehead atoms. The van der Waals surface area contributed by atoms with Crippen LogP contribution in [0.5, 0.6) is 11.9 Å². The standard InChI is InChI=1S/C17H19N5O2/c1-4-24-17-18-10-15(23)22(17)21-14-7-5-13(6-8-14)16-19-11(2)9-12(3)20-16/h5-10,21,23H,4H2,1-3H3. The maximum atomic E-state index is 9.85. The van der Waals surface area contributed by atoms with E-state index in [0.29, 0.717) is 18.4 Å². The van der Waals surface area contributed by atoms with Gasteiger partial charge in [0.1, 0.15) is 0 Å². The number of aryl methyl sites for hydroxylation is 2. The molecular formula is C17H19N5O2. The van der Waals surface area contributed by atoms with Crippen molar-refractivity contribution in [1.82, 2.24) is 19.6 Å². The maximum absolute atomic E-state index is 9.85. The van der Waals surface area contributed by atoms with Crippen LogP contribution in [0.25, 0.3) is 11.4 Å². The van der Waals surface area contributed by atoms with E-state index >= 15 is 0 Å². The summed E-state index contributed by atoms with van der Waals surface area (Å²) < 4.78 is 6.74. The molecule has 3 aromatic rings. The molecule has 7 nitrogen and oxygen atoms in total. The second kappa shape index (κ2) is 6.57. The minimum absolute atomic E-state index is 0.0276. The van der Waals surface area contributed by atoms with E-state index in [1.807, 2.05) is 51.1 Å². The van der Waals surface area contributed by atoms with Crippen LogP contribution in [0.3, 0.4) is 0 Å². The van der Waals surface area contributed by atoms with Crippen molar-refractivity contribution in [2.45, 2.75) is 20.8 Å². The van der Waals surface area contributed by atoms with E-state index in [4.69, 9.17) is 4.74 Å². The topological polar surface area (TPSA) is 85.1 Å². The molecule has 0 aliphatic carbocycles. The molecule has 0 unspecified atom stereocenters. The average molecular weight is 325 g/mol. The minimum atomic E-state index is -0.0276. The molecule has 0 aliphatic rings. The summed E-state index contributed by atoms with van der Waals surface area (Å²) in [6, 6.07) is 9.85. The molecular weight excluding hydrogens is 306 g/mol. The van der Waals surface area contributed by atoms with Crippen LogP contribution in [0.15, 0.2) is 36.5 Å². The average Bonchev–Trinajstić information content (AvgIpc) is 2.88. The highest BCUT2D eigenvalue weighted by Crippen LogP contribution is 2.22. The zero-order chi connectivity index (χ0) is 17.1. The number of aromatic nitrogens is 4. The van der Waals surface area contributed by atoms with Crippen LogP contribution in [0, 0.1) is 13.8 Å². The van der Waals surface area contributed by atoms with Crippen LogP contribution in [-0.2, 0) is 0 Å². The molecule has 0 spiro atoms. The van der Waals surface area contributed by atoms with Gasteiger partial charge in [-0.05, 0) is 51.1 Å². The Morgan fingerprint density at radius 1 is 1.12 bits per heavy atom. The van der Waals surface area contributed by atoms with E-state index in [1.165, 1.54) is 10.9 Å². The van der Waals surface area contributed by atoms with Gasteiger partial charge in [-0.15, -0.1) is 0 Å². The first kappa shape index (κ1) is 15.8. The summed E-state index contributed by atoms with van der Waals surface area (Å²) in [7, 11) is 0. The van der Waals surface area contributed by atoms with Crippen molar-refractivity contribution in [2.24, 2.45) is 0 Å². The Morgan fingerprint density at radius 3 is 2.42 bits per heavy atom. The number of hydrogen-bond acceptors (Lipinski definition) is 6. The zero-order valence-electron chi connectivity index (χ0n) is 13.8. The molecule has 0 saturated heterocycles. The van der Waals surface area contributed by atoms with Crippen LogP contribution in [0.2, 0.25) is 0 Å². The Kier molecular flexibility index (Phi) is 4.33. The second-order valence-corrected chi connectivity index (χ2v) is 5.33. The SMILES string of the molecule is CCOc1ncc(O)n1Nc1ccc(-c2nc(C)cc(C)n2)cc1. The smallest absolute Gasteiger partial charge is 0.319 e. The highest BCUT2D eigenvalue weighted by Gasteiger charge is 2.10. The fraction of sp³-hybridized carbons (Fsp3) is 0.235. The van der Waals surface area contributed by atoms with Gasteiger partial charge in [0.15, 0.2) is 5.82 Å². The van der Waals surface area contributed by atoms with Gasteiger partial charge in [0.05, 0.1) is 18.5 Å². The third kappa shape index (κ3) is 3.29. The van der Waals surface area contributed by atoms with Gasteiger partial charge in [0.25, 0.3) is 0 Å². The van der Waals surface area contributed by atoms with Gasteiger partial charge < -0.3 is 9.84 Å². The molecule has 0 radical (unpaired) electrons. The second-order valence-electron chi connectivity index (χ2n) is 5.33. The van der Waals surface area contributed by atoms with E-state index < -0.39 is 0 Å². The van der Waals surface area contributed by atoms with E-state index in [-0.39, 0.29) is 5.88 Å². The number of nitrogens with zero attached hydrogens (tertiary/aromatic N) is 4.